The number of amides is 1. The molecule has 132 valence electrons. The van der Waals surface area contributed by atoms with E-state index in [2.05, 4.69) is 9.88 Å². The molecule has 3 rings (SSSR count). The predicted molar refractivity (Wildman–Crippen MR) is 97.2 cm³/mol. The number of rotatable bonds is 2. The van der Waals surface area contributed by atoms with Crippen LogP contribution in [0.5, 0.6) is 0 Å². The zero-order valence-corrected chi connectivity index (χ0v) is 14.9. The van der Waals surface area contributed by atoms with E-state index >= 15 is 0 Å². The van der Waals surface area contributed by atoms with E-state index in [0.29, 0.717) is 31.7 Å². The molecular weight excluding hydrogens is 318 g/mol. The minimum atomic E-state index is -0.482. The van der Waals surface area contributed by atoms with Crippen LogP contribution in [-0.2, 0) is 4.74 Å². The summed E-state index contributed by atoms with van der Waals surface area (Å²) in [6, 6.07) is 9.39. The van der Waals surface area contributed by atoms with Crippen LogP contribution >= 0.6 is 0 Å². The Morgan fingerprint density at radius 1 is 1.12 bits per heavy atom. The second-order valence-electron chi connectivity index (χ2n) is 7.16. The fraction of sp³-hybridized carbons (Fsp3) is 0.421. The third-order valence-corrected chi connectivity index (χ3v) is 4.13. The number of fused-ring (bicyclic) bond motifs is 1. The van der Waals surface area contributed by atoms with Crippen LogP contribution in [0, 0.1) is 0 Å². The Bertz CT molecular complexity index is 790. The number of pyridine rings is 1. The Kier molecular flexibility index (Phi) is 4.61. The summed E-state index contributed by atoms with van der Waals surface area (Å²) in [6.45, 7) is 8.21. The normalized spacial score (nSPS) is 15.3. The third-order valence-electron chi connectivity index (χ3n) is 4.13. The van der Waals surface area contributed by atoms with Crippen molar-refractivity contribution in [1.29, 1.82) is 0 Å². The number of ether oxygens (including phenoxy) is 1. The molecule has 1 aromatic heterocycles. The van der Waals surface area contributed by atoms with Gasteiger partial charge < -0.3 is 14.5 Å². The van der Waals surface area contributed by atoms with Crippen molar-refractivity contribution in [3.8, 4) is 0 Å². The summed E-state index contributed by atoms with van der Waals surface area (Å²) in [5, 5.41) is 0.855. The van der Waals surface area contributed by atoms with Crippen molar-refractivity contribution in [3.05, 3.63) is 35.9 Å². The lowest BCUT2D eigenvalue weighted by atomic mass is 10.1. The average Bonchev–Trinajstić information content (AvgIpc) is 2.59. The number of benzene rings is 1. The first kappa shape index (κ1) is 17.2. The van der Waals surface area contributed by atoms with Crippen molar-refractivity contribution < 1.29 is 14.3 Å². The maximum absolute atomic E-state index is 12.1. The van der Waals surface area contributed by atoms with Gasteiger partial charge in [-0.2, -0.15) is 0 Å². The SMILES string of the molecule is CC(C)(C)OC(=O)N1CCN(c2ccc3c(C=O)cccc3n2)CC1. The van der Waals surface area contributed by atoms with Gasteiger partial charge in [-0.3, -0.25) is 4.79 Å². The number of hydrogen-bond acceptors (Lipinski definition) is 5. The number of anilines is 1. The molecule has 1 aliphatic rings. The molecule has 6 heteroatoms. The Hall–Kier alpha value is -2.63. The van der Waals surface area contributed by atoms with Crippen molar-refractivity contribution in [2.45, 2.75) is 26.4 Å². The first-order valence-corrected chi connectivity index (χ1v) is 8.45. The predicted octanol–water partition coefficient (Wildman–Crippen LogP) is 3.10. The lowest BCUT2D eigenvalue weighted by molar-refractivity contribution is 0.0240. The lowest BCUT2D eigenvalue weighted by Gasteiger charge is -2.36. The largest absolute Gasteiger partial charge is 0.444 e. The molecule has 25 heavy (non-hydrogen) atoms. The summed E-state index contributed by atoms with van der Waals surface area (Å²) in [5.74, 6) is 0.861. The molecule has 2 aromatic rings. The molecule has 1 fully saturated rings. The minimum Gasteiger partial charge on any atom is -0.444 e. The topological polar surface area (TPSA) is 62.7 Å². The van der Waals surface area contributed by atoms with Crippen LogP contribution in [0.3, 0.4) is 0 Å². The summed E-state index contributed by atoms with van der Waals surface area (Å²) < 4.78 is 5.42. The van der Waals surface area contributed by atoms with Gasteiger partial charge in [0.25, 0.3) is 0 Å². The Morgan fingerprint density at radius 2 is 1.84 bits per heavy atom. The van der Waals surface area contributed by atoms with Gasteiger partial charge in [0, 0.05) is 37.1 Å². The van der Waals surface area contributed by atoms with E-state index in [0.717, 1.165) is 23.0 Å². The van der Waals surface area contributed by atoms with E-state index in [-0.39, 0.29) is 6.09 Å². The molecule has 0 radical (unpaired) electrons. The highest BCUT2D eigenvalue weighted by atomic mass is 16.6. The Balaban J connectivity index is 1.70. The highest BCUT2D eigenvalue weighted by Gasteiger charge is 2.26. The molecule has 1 amide bonds. The van der Waals surface area contributed by atoms with Gasteiger partial charge in [-0.15, -0.1) is 0 Å². The fourth-order valence-electron chi connectivity index (χ4n) is 2.89. The van der Waals surface area contributed by atoms with Crippen molar-refractivity contribution in [2.75, 3.05) is 31.1 Å². The van der Waals surface area contributed by atoms with Crippen LogP contribution in [-0.4, -0.2) is 54.0 Å². The zero-order chi connectivity index (χ0) is 18.0. The van der Waals surface area contributed by atoms with E-state index in [9.17, 15) is 9.59 Å². The smallest absolute Gasteiger partial charge is 0.410 e. The number of aldehydes is 1. The summed E-state index contributed by atoms with van der Waals surface area (Å²) in [7, 11) is 0. The van der Waals surface area contributed by atoms with Crippen LogP contribution in [0.1, 0.15) is 31.1 Å². The van der Waals surface area contributed by atoms with E-state index in [1.807, 2.05) is 45.0 Å². The number of carbonyl (C=O) groups is 2. The number of hydrogen-bond donors (Lipinski definition) is 0. The van der Waals surface area contributed by atoms with Crippen LogP contribution in [0.2, 0.25) is 0 Å². The Morgan fingerprint density at radius 3 is 2.48 bits per heavy atom. The molecule has 1 aromatic carbocycles. The van der Waals surface area contributed by atoms with E-state index in [4.69, 9.17) is 4.74 Å². The van der Waals surface area contributed by atoms with Crippen molar-refractivity contribution >= 4 is 29.1 Å². The third kappa shape index (κ3) is 3.90. The molecule has 0 atom stereocenters. The second-order valence-corrected chi connectivity index (χ2v) is 7.16. The molecule has 6 nitrogen and oxygen atoms in total. The molecule has 0 spiro atoms. The van der Waals surface area contributed by atoms with Gasteiger partial charge in [0.2, 0.25) is 0 Å². The van der Waals surface area contributed by atoms with E-state index in [1.165, 1.54) is 0 Å². The molecule has 0 N–H and O–H groups in total. The Labute approximate surface area is 147 Å². The number of carbonyl (C=O) groups excluding carboxylic acids is 2. The van der Waals surface area contributed by atoms with E-state index in [1.54, 1.807) is 11.0 Å². The van der Waals surface area contributed by atoms with Crippen LogP contribution in [0.25, 0.3) is 10.9 Å². The average molecular weight is 341 g/mol. The molecule has 1 aliphatic heterocycles. The van der Waals surface area contributed by atoms with E-state index < -0.39 is 5.60 Å². The summed E-state index contributed by atoms with van der Waals surface area (Å²) in [5.41, 5.74) is 0.965. The zero-order valence-electron chi connectivity index (χ0n) is 14.9. The first-order valence-electron chi connectivity index (χ1n) is 8.45. The first-order chi connectivity index (χ1) is 11.9. The molecule has 2 heterocycles. The summed E-state index contributed by atoms with van der Waals surface area (Å²) >= 11 is 0. The summed E-state index contributed by atoms with van der Waals surface area (Å²) in [6.07, 6.45) is 0.581. The molecule has 0 aliphatic carbocycles. The lowest BCUT2D eigenvalue weighted by Crippen LogP contribution is -2.50. The van der Waals surface area contributed by atoms with Gasteiger partial charge in [-0.25, -0.2) is 9.78 Å². The molecule has 0 saturated carbocycles. The van der Waals surface area contributed by atoms with Gasteiger partial charge in [-0.1, -0.05) is 12.1 Å². The number of nitrogens with zero attached hydrogens (tertiary/aromatic N) is 3. The van der Waals surface area contributed by atoms with Gasteiger partial charge in [0.1, 0.15) is 11.4 Å². The van der Waals surface area contributed by atoms with Crippen molar-refractivity contribution in [1.82, 2.24) is 9.88 Å². The van der Waals surface area contributed by atoms with Gasteiger partial charge in [0.05, 0.1) is 5.52 Å². The minimum absolute atomic E-state index is 0.269. The van der Waals surface area contributed by atoms with Gasteiger partial charge >= 0.3 is 6.09 Å². The summed E-state index contributed by atoms with van der Waals surface area (Å²) in [4.78, 5) is 31.8. The number of piperazine rings is 1. The molecule has 0 bridgehead atoms. The monoisotopic (exact) mass is 341 g/mol. The quantitative estimate of drug-likeness (QED) is 0.786. The molecular formula is C19H23N3O3. The van der Waals surface area contributed by atoms with Gasteiger partial charge in [0.15, 0.2) is 6.29 Å². The number of aromatic nitrogens is 1. The molecule has 0 unspecified atom stereocenters. The maximum Gasteiger partial charge on any atom is 0.410 e. The standard InChI is InChI=1S/C19H23N3O3/c1-19(2,3)25-18(24)22-11-9-21(10-12-22)17-8-7-15-14(13-23)5-4-6-16(15)20-17/h4-8,13H,9-12H2,1-3H3. The van der Waals surface area contributed by atoms with Gasteiger partial charge in [-0.05, 0) is 39.0 Å². The van der Waals surface area contributed by atoms with Crippen molar-refractivity contribution in [2.24, 2.45) is 0 Å². The highest BCUT2D eigenvalue weighted by Crippen LogP contribution is 2.22. The van der Waals surface area contributed by atoms with Crippen LogP contribution in [0.4, 0.5) is 10.6 Å². The second kappa shape index (κ2) is 6.70. The fourth-order valence-corrected chi connectivity index (χ4v) is 2.89. The maximum atomic E-state index is 12.1. The highest BCUT2D eigenvalue weighted by molar-refractivity contribution is 5.96. The van der Waals surface area contributed by atoms with Crippen molar-refractivity contribution in [3.63, 3.8) is 0 Å². The molecule has 1 saturated heterocycles. The van der Waals surface area contributed by atoms with Crippen LogP contribution in [0.15, 0.2) is 30.3 Å². The van der Waals surface area contributed by atoms with Crippen LogP contribution < -0.4 is 4.90 Å².